The second-order valence-electron chi connectivity index (χ2n) is 4.87. The third kappa shape index (κ3) is 3.24. The number of amides is 1. The van der Waals surface area contributed by atoms with Crippen molar-refractivity contribution in [2.24, 2.45) is 0 Å². The van der Waals surface area contributed by atoms with E-state index in [-0.39, 0.29) is 12.0 Å². The summed E-state index contributed by atoms with van der Waals surface area (Å²) in [6.07, 6.45) is 1.53. The molecule has 1 heterocycles. The average molecular weight is 268 g/mol. The number of nitrogens with zero attached hydrogens (tertiary/aromatic N) is 1. The molecule has 1 aromatic rings. The molecule has 2 rings (SSSR count). The van der Waals surface area contributed by atoms with Crippen molar-refractivity contribution in [2.45, 2.75) is 32.3 Å². The Kier molecular flexibility index (Phi) is 4.25. The fourth-order valence-corrected chi connectivity index (χ4v) is 2.37. The molecule has 1 aliphatic rings. The summed E-state index contributed by atoms with van der Waals surface area (Å²) in [7, 11) is 0. The molecule has 18 heavy (non-hydrogen) atoms. The minimum atomic E-state index is -0.345. The molecule has 1 N–H and O–H groups in total. The molecule has 0 saturated carbocycles. The van der Waals surface area contributed by atoms with Crippen molar-refractivity contribution in [1.82, 2.24) is 4.90 Å². The number of carbonyl (C=O) groups excluding carboxylic acids is 1. The number of rotatable bonds is 3. The van der Waals surface area contributed by atoms with Gasteiger partial charge in [-0.3, -0.25) is 4.79 Å². The maximum absolute atomic E-state index is 11.9. The van der Waals surface area contributed by atoms with Crippen molar-refractivity contribution in [3.63, 3.8) is 0 Å². The predicted molar refractivity (Wildman–Crippen MR) is 71.7 cm³/mol. The number of hydrogen-bond acceptors (Lipinski definition) is 2. The zero-order chi connectivity index (χ0) is 13.1. The molecule has 1 atom stereocenters. The summed E-state index contributed by atoms with van der Waals surface area (Å²) in [6, 6.07) is 5.90. The van der Waals surface area contributed by atoms with Gasteiger partial charge in [0.05, 0.1) is 6.10 Å². The molecule has 98 valence electrons. The Morgan fingerprint density at radius 1 is 1.56 bits per heavy atom. The molecule has 3 nitrogen and oxygen atoms in total. The number of aryl methyl sites for hydroxylation is 2. The van der Waals surface area contributed by atoms with E-state index in [1.54, 1.807) is 4.90 Å². The quantitative estimate of drug-likeness (QED) is 0.912. The van der Waals surface area contributed by atoms with Crippen LogP contribution in [-0.4, -0.2) is 35.1 Å². The van der Waals surface area contributed by atoms with Crippen LogP contribution in [0.4, 0.5) is 0 Å². The SMILES string of the molecule is Cc1ccc(CCC(=O)N2CC[C@@H](O)C2)cc1Cl. The lowest BCUT2D eigenvalue weighted by Gasteiger charge is -2.15. The third-order valence-electron chi connectivity index (χ3n) is 3.38. The third-order valence-corrected chi connectivity index (χ3v) is 3.79. The summed E-state index contributed by atoms with van der Waals surface area (Å²) < 4.78 is 0. The first-order valence-corrected chi connectivity index (χ1v) is 6.65. The van der Waals surface area contributed by atoms with Gasteiger partial charge in [0.25, 0.3) is 0 Å². The van der Waals surface area contributed by atoms with Crippen LogP contribution in [0.3, 0.4) is 0 Å². The first-order valence-electron chi connectivity index (χ1n) is 6.27. The van der Waals surface area contributed by atoms with Crippen molar-refractivity contribution in [3.05, 3.63) is 34.3 Å². The van der Waals surface area contributed by atoms with Crippen LogP contribution in [0.2, 0.25) is 5.02 Å². The van der Waals surface area contributed by atoms with Gasteiger partial charge in [-0.25, -0.2) is 0 Å². The summed E-state index contributed by atoms with van der Waals surface area (Å²) in [5.41, 5.74) is 2.13. The molecular formula is C14H18ClNO2. The number of halogens is 1. The van der Waals surface area contributed by atoms with Gasteiger partial charge in [0.15, 0.2) is 0 Å². The van der Waals surface area contributed by atoms with E-state index in [1.807, 2.05) is 25.1 Å². The zero-order valence-corrected chi connectivity index (χ0v) is 11.3. The molecule has 1 aliphatic heterocycles. The first-order chi connectivity index (χ1) is 8.56. The van der Waals surface area contributed by atoms with Crippen molar-refractivity contribution in [3.8, 4) is 0 Å². The van der Waals surface area contributed by atoms with Crippen LogP contribution in [0.1, 0.15) is 24.0 Å². The summed E-state index contributed by atoms with van der Waals surface area (Å²) in [5.74, 6) is 0.114. The predicted octanol–water partition coefficient (Wildman–Crippen LogP) is 2.17. The molecule has 0 bridgehead atoms. The largest absolute Gasteiger partial charge is 0.391 e. The Hall–Kier alpha value is -1.06. The van der Waals surface area contributed by atoms with Crippen LogP contribution >= 0.6 is 11.6 Å². The topological polar surface area (TPSA) is 40.5 Å². The number of aliphatic hydroxyl groups is 1. The fourth-order valence-electron chi connectivity index (χ4n) is 2.17. The minimum Gasteiger partial charge on any atom is -0.391 e. The fraction of sp³-hybridized carbons (Fsp3) is 0.500. The van der Waals surface area contributed by atoms with Gasteiger partial charge in [0, 0.05) is 24.5 Å². The van der Waals surface area contributed by atoms with Crippen LogP contribution in [0.5, 0.6) is 0 Å². The molecule has 4 heteroatoms. The van der Waals surface area contributed by atoms with E-state index in [0.717, 1.165) is 16.1 Å². The second-order valence-corrected chi connectivity index (χ2v) is 5.27. The number of aliphatic hydroxyl groups excluding tert-OH is 1. The monoisotopic (exact) mass is 267 g/mol. The maximum atomic E-state index is 11.9. The van der Waals surface area contributed by atoms with E-state index in [9.17, 15) is 9.90 Å². The molecule has 1 saturated heterocycles. The van der Waals surface area contributed by atoms with Crippen molar-refractivity contribution in [2.75, 3.05) is 13.1 Å². The highest BCUT2D eigenvalue weighted by molar-refractivity contribution is 6.31. The molecule has 1 amide bonds. The van der Waals surface area contributed by atoms with Crippen LogP contribution in [0.25, 0.3) is 0 Å². The summed E-state index contributed by atoms with van der Waals surface area (Å²) in [4.78, 5) is 13.6. The Labute approximate surface area is 112 Å². The van der Waals surface area contributed by atoms with Gasteiger partial charge in [0.1, 0.15) is 0 Å². The van der Waals surface area contributed by atoms with E-state index in [2.05, 4.69) is 0 Å². The van der Waals surface area contributed by atoms with E-state index in [1.165, 1.54) is 0 Å². The molecule has 0 aliphatic carbocycles. The summed E-state index contributed by atoms with van der Waals surface area (Å²) >= 11 is 6.05. The minimum absolute atomic E-state index is 0.114. The highest BCUT2D eigenvalue weighted by Gasteiger charge is 2.23. The number of β-amino-alcohol motifs (C(OH)–C–C–N with tert-alkyl or cyclic N) is 1. The van der Waals surface area contributed by atoms with Gasteiger partial charge >= 0.3 is 0 Å². The second kappa shape index (κ2) is 5.72. The molecule has 0 radical (unpaired) electrons. The normalized spacial score (nSPS) is 19.3. The number of hydrogen-bond donors (Lipinski definition) is 1. The van der Waals surface area contributed by atoms with Crippen LogP contribution in [0.15, 0.2) is 18.2 Å². The Balaban J connectivity index is 1.87. The zero-order valence-electron chi connectivity index (χ0n) is 10.5. The van der Waals surface area contributed by atoms with Crippen LogP contribution < -0.4 is 0 Å². The Bertz CT molecular complexity index is 447. The van der Waals surface area contributed by atoms with E-state index >= 15 is 0 Å². The average Bonchev–Trinajstić information content (AvgIpc) is 2.77. The Morgan fingerprint density at radius 2 is 2.33 bits per heavy atom. The van der Waals surface area contributed by atoms with E-state index in [4.69, 9.17) is 11.6 Å². The summed E-state index contributed by atoms with van der Waals surface area (Å²) in [6.45, 7) is 3.12. The van der Waals surface area contributed by atoms with Gasteiger partial charge in [-0.15, -0.1) is 0 Å². The maximum Gasteiger partial charge on any atom is 0.222 e. The highest BCUT2D eigenvalue weighted by Crippen LogP contribution is 2.18. The lowest BCUT2D eigenvalue weighted by Crippen LogP contribution is -2.29. The molecule has 0 spiro atoms. The molecule has 0 unspecified atom stereocenters. The van der Waals surface area contributed by atoms with E-state index < -0.39 is 0 Å². The molecule has 1 aromatic carbocycles. The highest BCUT2D eigenvalue weighted by atomic mass is 35.5. The smallest absolute Gasteiger partial charge is 0.222 e. The van der Waals surface area contributed by atoms with Gasteiger partial charge in [0.2, 0.25) is 5.91 Å². The number of likely N-dealkylation sites (tertiary alicyclic amines) is 1. The number of benzene rings is 1. The van der Waals surface area contributed by atoms with E-state index in [0.29, 0.717) is 32.4 Å². The lowest BCUT2D eigenvalue weighted by atomic mass is 10.1. The standard InChI is InChI=1S/C14H18ClNO2/c1-10-2-3-11(8-13(10)15)4-5-14(18)16-7-6-12(17)9-16/h2-3,8,12,17H,4-7,9H2,1H3/t12-/m1/s1. The number of carbonyl (C=O) groups is 1. The first kappa shape index (κ1) is 13.4. The molecular weight excluding hydrogens is 250 g/mol. The molecule has 1 fully saturated rings. The van der Waals surface area contributed by atoms with Gasteiger partial charge < -0.3 is 10.0 Å². The summed E-state index contributed by atoms with van der Waals surface area (Å²) in [5, 5.41) is 10.1. The van der Waals surface area contributed by atoms with Crippen molar-refractivity contribution in [1.29, 1.82) is 0 Å². The van der Waals surface area contributed by atoms with Crippen molar-refractivity contribution >= 4 is 17.5 Å². The molecule has 0 aromatic heterocycles. The van der Waals surface area contributed by atoms with Crippen LogP contribution in [-0.2, 0) is 11.2 Å². The lowest BCUT2D eigenvalue weighted by molar-refractivity contribution is -0.130. The van der Waals surface area contributed by atoms with Gasteiger partial charge in [-0.1, -0.05) is 23.7 Å². The van der Waals surface area contributed by atoms with Gasteiger partial charge in [-0.05, 0) is 37.0 Å². The van der Waals surface area contributed by atoms with Crippen molar-refractivity contribution < 1.29 is 9.90 Å². The van der Waals surface area contributed by atoms with Crippen LogP contribution in [0, 0.1) is 6.92 Å². The van der Waals surface area contributed by atoms with Gasteiger partial charge in [-0.2, -0.15) is 0 Å². The Morgan fingerprint density at radius 3 is 2.94 bits per heavy atom.